The van der Waals surface area contributed by atoms with Gasteiger partial charge < -0.3 is 5.11 Å². The molecule has 0 aliphatic rings. The second-order valence-corrected chi connectivity index (χ2v) is 3.99. The summed E-state index contributed by atoms with van der Waals surface area (Å²) in [6.07, 6.45) is 0. The summed E-state index contributed by atoms with van der Waals surface area (Å²) >= 11 is 11.7. The van der Waals surface area contributed by atoms with Gasteiger partial charge in [-0.3, -0.25) is 0 Å². The Kier molecular flexibility index (Phi) is 2.85. The van der Waals surface area contributed by atoms with E-state index in [1.165, 1.54) is 0 Å². The van der Waals surface area contributed by atoms with Crippen LogP contribution >= 0.6 is 23.2 Å². The molecule has 0 saturated heterocycles. The summed E-state index contributed by atoms with van der Waals surface area (Å²) in [5, 5.41) is 10.7. The molecule has 2 rings (SSSR count). The zero-order valence-corrected chi connectivity index (χ0v) is 9.26. The first-order chi connectivity index (χ1) is 7.18. The molecule has 0 bridgehead atoms. The van der Waals surface area contributed by atoms with Crippen LogP contribution in [-0.2, 0) is 0 Å². The standard InChI is InChI=1S/C12H8Cl2O/c13-9-4-1-3-8(7-9)10-5-2-6-11(14)12(10)15/h1-7,15H. The van der Waals surface area contributed by atoms with Crippen molar-refractivity contribution in [2.24, 2.45) is 0 Å². The van der Waals surface area contributed by atoms with E-state index in [2.05, 4.69) is 0 Å². The molecule has 76 valence electrons. The lowest BCUT2D eigenvalue weighted by Gasteiger charge is -2.06. The molecule has 3 heteroatoms. The lowest BCUT2D eigenvalue weighted by atomic mass is 10.1. The van der Waals surface area contributed by atoms with Crippen molar-refractivity contribution in [1.29, 1.82) is 0 Å². The highest BCUT2D eigenvalue weighted by Gasteiger charge is 2.07. The normalized spacial score (nSPS) is 10.3. The Morgan fingerprint density at radius 3 is 2.40 bits per heavy atom. The fourth-order valence-electron chi connectivity index (χ4n) is 1.40. The number of aromatic hydroxyl groups is 1. The van der Waals surface area contributed by atoms with Crippen molar-refractivity contribution in [1.82, 2.24) is 0 Å². The summed E-state index contributed by atoms with van der Waals surface area (Å²) in [4.78, 5) is 0. The van der Waals surface area contributed by atoms with E-state index in [0.717, 1.165) is 5.56 Å². The molecule has 0 fully saturated rings. The molecule has 0 heterocycles. The van der Waals surface area contributed by atoms with Gasteiger partial charge in [0.2, 0.25) is 0 Å². The molecule has 0 aliphatic carbocycles. The minimum atomic E-state index is 0.0847. The van der Waals surface area contributed by atoms with Crippen LogP contribution in [0, 0.1) is 0 Å². The Morgan fingerprint density at radius 1 is 0.933 bits per heavy atom. The predicted molar refractivity (Wildman–Crippen MR) is 63.6 cm³/mol. The van der Waals surface area contributed by atoms with E-state index in [9.17, 15) is 5.11 Å². The molecule has 0 atom stereocenters. The van der Waals surface area contributed by atoms with Crippen LogP contribution in [0.2, 0.25) is 10.0 Å². The summed E-state index contributed by atoms with van der Waals surface area (Å²) in [5.74, 6) is 0.0847. The van der Waals surface area contributed by atoms with Gasteiger partial charge in [0.25, 0.3) is 0 Å². The maximum Gasteiger partial charge on any atom is 0.141 e. The average Bonchev–Trinajstić information content (AvgIpc) is 2.22. The van der Waals surface area contributed by atoms with Crippen molar-refractivity contribution < 1.29 is 5.11 Å². The quantitative estimate of drug-likeness (QED) is 0.783. The Balaban J connectivity index is 2.59. The molecule has 0 amide bonds. The van der Waals surface area contributed by atoms with E-state index >= 15 is 0 Å². The molecule has 1 nitrogen and oxygen atoms in total. The van der Waals surface area contributed by atoms with E-state index < -0.39 is 0 Å². The monoisotopic (exact) mass is 238 g/mol. The van der Waals surface area contributed by atoms with Crippen molar-refractivity contribution in [2.45, 2.75) is 0 Å². The number of hydrogen-bond donors (Lipinski definition) is 1. The number of phenolic OH excluding ortho intramolecular Hbond substituents is 1. The zero-order chi connectivity index (χ0) is 10.8. The molecular weight excluding hydrogens is 231 g/mol. The minimum absolute atomic E-state index is 0.0847. The maximum atomic E-state index is 9.77. The van der Waals surface area contributed by atoms with Crippen molar-refractivity contribution in [3.05, 3.63) is 52.5 Å². The fraction of sp³-hybridized carbons (Fsp3) is 0. The topological polar surface area (TPSA) is 20.2 Å². The summed E-state index contributed by atoms with van der Waals surface area (Å²) in [6, 6.07) is 12.5. The van der Waals surface area contributed by atoms with Crippen LogP contribution in [0.1, 0.15) is 0 Å². The molecule has 0 spiro atoms. The van der Waals surface area contributed by atoms with E-state index in [1.807, 2.05) is 12.1 Å². The van der Waals surface area contributed by atoms with Crippen LogP contribution in [0.4, 0.5) is 0 Å². The van der Waals surface area contributed by atoms with Gasteiger partial charge in [0, 0.05) is 10.6 Å². The molecule has 0 saturated carbocycles. The molecule has 2 aromatic rings. The first kappa shape index (κ1) is 10.3. The fourth-order valence-corrected chi connectivity index (χ4v) is 1.77. The molecular formula is C12H8Cl2O. The van der Waals surface area contributed by atoms with Crippen LogP contribution in [0.3, 0.4) is 0 Å². The molecule has 15 heavy (non-hydrogen) atoms. The van der Waals surface area contributed by atoms with Crippen molar-refractivity contribution in [3.8, 4) is 16.9 Å². The number of hydrogen-bond acceptors (Lipinski definition) is 1. The third kappa shape index (κ3) is 2.09. The predicted octanol–water partition coefficient (Wildman–Crippen LogP) is 4.37. The van der Waals surface area contributed by atoms with E-state index in [4.69, 9.17) is 23.2 Å². The first-order valence-corrected chi connectivity index (χ1v) is 5.17. The molecule has 0 unspecified atom stereocenters. The van der Waals surface area contributed by atoms with E-state index in [1.54, 1.807) is 30.3 Å². The highest BCUT2D eigenvalue weighted by Crippen LogP contribution is 2.35. The number of para-hydroxylation sites is 1. The van der Waals surface area contributed by atoms with Gasteiger partial charge >= 0.3 is 0 Å². The van der Waals surface area contributed by atoms with Crippen LogP contribution in [0.5, 0.6) is 5.75 Å². The third-order valence-corrected chi connectivity index (χ3v) is 2.66. The van der Waals surface area contributed by atoms with Gasteiger partial charge in [-0.15, -0.1) is 0 Å². The number of phenols is 1. The molecule has 0 aromatic heterocycles. The highest BCUT2D eigenvalue weighted by molar-refractivity contribution is 6.32. The van der Waals surface area contributed by atoms with E-state index in [-0.39, 0.29) is 5.75 Å². The molecule has 0 radical (unpaired) electrons. The van der Waals surface area contributed by atoms with Crippen molar-refractivity contribution >= 4 is 23.2 Å². The van der Waals surface area contributed by atoms with Gasteiger partial charge in [0.05, 0.1) is 5.02 Å². The van der Waals surface area contributed by atoms with Crippen molar-refractivity contribution in [3.63, 3.8) is 0 Å². The number of rotatable bonds is 1. The minimum Gasteiger partial charge on any atom is -0.506 e. The van der Waals surface area contributed by atoms with Gasteiger partial charge in [-0.05, 0) is 23.8 Å². The first-order valence-electron chi connectivity index (χ1n) is 4.42. The lowest BCUT2D eigenvalue weighted by Crippen LogP contribution is -1.79. The maximum absolute atomic E-state index is 9.77. The van der Waals surface area contributed by atoms with Crippen LogP contribution in [0.15, 0.2) is 42.5 Å². The molecule has 0 aliphatic heterocycles. The van der Waals surface area contributed by atoms with Gasteiger partial charge in [-0.2, -0.15) is 0 Å². The summed E-state index contributed by atoms with van der Waals surface area (Å²) in [5.41, 5.74) is 1.53. The molecule has 1 N–H and O–H groups in total. The van der Waals surface area contributed by atoms with Crippen molar-refractivity contribution in [2.75, 3.05) is 0 Å². The lowest BCUT2D eigenvalue weighted by molar-refractivity contribution is 0.477. The number of benzene rings is 2. The van der Waals surface area contributed by atoms with Gasteiger partial charge in [0.15, 0.2) is 0 Å². The second-order valence-electron chi connectivity index (χ2n) is 3.15. The van der Waals surface area contributed by atoms with Gasteiger partial charge in [-0.25, -0.2) is 0 Å². The van der Waals surface area contributed by atoms with Gasteiger partial charge in [-0.1, -0.05) is 47.5 Å². The highest BCUT2D eigenvalue weighted by atomic mass is 35.5. The molecule has 2 aromatic carbocycles. The zero-order valence-electron chi connectivity index (χ0n) is 7.74. The summed E-state index contributed by atoms with van der Waals surface area (Å²) < 4.78 is 0. The van der Waals surface area contributed by atoms with Gasteiger partial charge in [0.1, 0.15) is 5.75 Å². The Labute approximate surface area is 97.9 Å². The van der Waals surface area contributed by atoms with Crippen LogP contribution < -0.4 is 0 Å². The summed E-state index contributed by atoms with van der Waals surface area (Å²) in [7, 11) is 0. The largest absolute Gasteiger partial charge is 0.506 e. The Hall–Kier alpha value is -1.18. The Morgan fingerprint density at radius 2 is 1.67 bits per heavy atom. The van der Waals surface area contributed by atoms with E-state index in [0.29, 0.717) is 15.6 Å². The SMILES string of the molecule is Oc1c(Cl)cccc1-c1cccc(Cl)c1. The van der Waals surface area contributed by atoms with Crippen LogP contribution in [0.25, 0.3) is 11.1 Å². The second kappa shape index (κ2) is 4.13. The average molecular weight is 239 g/mol. The smallest absolute Gasteiger partial charge is 0.141 e. The van der Waals surface area contributed by atoms with Crippen LogP contribution in [-0.4, -0.2) is 5.11 Å². The Bertz CT molecular complexity index is 495. The third-order valence-electron chi connectivity index (χ3n) is 2.12. The number of halogens is 2. The summed E-state index contributed by atoms with van der Waals surface area (Å²) in [6.45, 7) is 0.